The predicted molar refractivity (Wildman–Crippen MR) is 84.0 cm³/mol. The van der Waals surface area contributed by atoms with E-state index in [0.29, 0.717) is 6.04 Å². The summed E-state index contributed by atoms with van der Waals surface area (Å²) in [6.07, 6.45) is 2.99. The lowest BCUT2D eigenvalue weighted by Gasteiger charge is -2.46. The molecule has 0 amide bonds. The molecule has 0 unspecified atom stereocenters. The Kier molecular flexibility index (Phi) is 3.87. The first-order chi connectivity index (χ1) is 10.0. The van der Waals surface area contributed by atoms with Gasteiger partial charge < -0.3 is 4.90 Å². The van der Waals surface area contributed by atoms with Crippen LogP contribution in [0.2, 0.25) is 0 Å². The number of non-ortho nitro benzene ring substituents is 1. The van der Waals surface area contributed by atoms with Crippen molar-refractivity contribution in [3.8, 4) is 0 Å². The maximum atomic E-state index is 10.9. The molecule has 2 bridgehead atoms. The van der Waals surface area contributed by atoms with E-state index >= 15 is 0 Å². The van der Waals surface area contributed by atoms with Gasteiger partial charge in [0.25, 0.3) is 5.69 Å². The third-order valence-electron chi connectivity index (χ3n) is 4.29. The lowest BCUT2D eigenvalue weighted by molar-refractivity contribution is -0.384. The number of nitro benzene ring substituents is 1. The van der Waals surface area contributed by atoms with Gasteiger partial charge in [-0.3, -0.25) is 15.0 Å². The number of nitrogens with zero attached hydrogens (tertiary/aromatic N) is 3. The van der Waals surface area contributed by atoms with Crippen LogP contribution in [0.5, 0.6) is 0 Å². The number of nitro groups is 1. The predicted octanol–water partition coefficient (Wildman–Crippen LogP) is 2.78. The summed E-state index contributed by atoms with van der Waals surface area (Å²) in [7, 11) is 0. The number of fused-ring (bicyclic) bond motifs is 4. The number of benzene rings is 1. The second-order valence-electron chi connectivity index (χ2n) is 5.66. The highest BCUT2D eigenvalue weighted by atomic mass is 35.5. The van der Waals surface area contributed by atoms with Crippen molar-refractivity contribution in [3.05, 3.63) is 45.0 Å². The summed E-state index contributed by atoms with van der Waals surface area (Å²) < 4.78 is 0. The lowest BCUT2D eigenvalue weighted by Crippen LogP contribution is -2.56. The zero-order chi connectivity index (χ0) is 15.0. The molecule has 0 saturated carbocycles. The average molecular weight is 308 g/mol. The van der Waals surface area contributed by atoms with Gasteiger partial charge in [0, 0.05) is 55.1 Å². The smallest absolute Gasteiger partial charge is 0.271 e. The highest BCUT2D eigenvalue weighted by Gasteiger charge is 2.33. The Morgan fingerprint density at radius 1 is 1.52 bits per heavy atom. The number of hydrogen-bond acceptors (Lipinski definition) is 4. The maximum absolute atomic E-state index is 10.9. The van der Waals surface area contributed by atoms with Gasteiger partial charge in [-0.25, -0.2) is 0 Å². The van der Waals surface area contributed by atoms with Crippen LogP contribution in [-0.4, -0.2) is 42.0 Å². The molecule has 6 heteroatoms. The Bertz CT molecular complexity index is 599. The van der Waals surface area contributed by atoms with Gasteiger partial charge in [0.1, 0.15) is 0 Å². The van der Waals surface area contributed by atoms with Crippen LogP contribution in [0.1, 0.15) is 12.5 Å². The van der Waals surface area contributed by atoms with E-state index in [1.54, 1.807) is 12.1 Å². The zero-order valence-electron chi connectivity index (χ0n) is 12.0. The Morgan fingerprint density at radius 2 is 2.33 bits per heavy atom. The Morgan fingerprint density at radius 3 is 3.05 bits per heavy atom. The molecule has 5 nitrogen and oxygen atoms in total. The molecule has 2 heterocycles. The van der Waals surface area contributed by atoms with Crippen molar-refractivity contribution in [1.82, 2.24) is 4.90 Å². The first-order valence-corrected chi connectivity index (χ1v) is 7.51. The number of rotatable bonds is 3. The molecule has 21 heavy (non-hydrogen) atoms. The van der Waals surface area contributed by atoms with Crippen molar-refractivity contribution in [1.29, 1.82) is 0 Å². The van der Waals surface area contributed by atoms with E-state index in [1.807, 2.05) is 19.1 Å². The van der Waals surface area contributed by atoms with Crippen molar-refractivity contribution >= 4 is 23.0 Å². The second-order valence-corrected chi connectivity index (χ2v) is 6.26. The molecule has 1 saturated heterocycles. The highest BCUT2D eigenvalue weighted by Crippen LogP contribution is 2.34. The van der Waals surface area contributed by atoms with Crippen LogP contribution in [0.25, 0.3) is 0 Å². The topological polar surface area (TPSA) is 49.6 Å². The van der Waals surface area contributed by atoms with E-state index < -0.39 is 0 Å². The first kappa shape index (κ1) is 14.4. The largest absolute Gasteiger partial charge is 0.368 e. The molecule has 2 aliphatic heterocycles. The van der Waals surface area contributed by atoms with Gasteiger partial charge in [-0.05, 0) is 18.9 Å². The Hall–Kier alpha value is -1.59. The second kappa shape index (κ2) is 5.66. The summed E-state index contributed by atoms with van der Waals surface area (Å²) in [5.41, 5.74) is 2.41. The van der Waals surface area contributed by atoms with Gasteiger partial charge in [-0.15, -0.1) is 0 Å². The average Bonchev–Trinajstić information content (AvgIpc) is 2.46. The SMILES string of the molecule is CC(Cl)=CCN1CCN2C[C@@H]1Cc1ccc([N+](=O)[O-])cc12. The van der Waals surface area contributed by atoms with Crippen LogP contribution >= 0.6 is 11.6 Å². The van der Waals surface area contributed by atoms with Crippen molar-refractivity contribution < 1.29 is 4.92 Å². The summed E-state index contributed by atoms with van der Waals surface area (Å²) >= 11 is 5.92. The van der Waals surface area contributed by atoms with Gasteiger partial charge in [-0.1, -0.05) is 23.7 Å². The van der Waals surface area contributed by atoms with Crippen LogP contribution in [-0.2, 0) is 6.42 Å². The number of anilines is 1. The molecule has 1 fully saturated rings. The van der Waals surface area contributed by atoms with Crippen LogP contribution in [0.15, 0.2) is 29.3 Å². The number of hydrogen-bond donors (Lipinski definition) is 0. The highest BCUT2D eigenvalue weighted by molar-refractivity contribution is 6.29. The molecule has 3 rings (SSSR count). The molecule has 0 aliphatic carbocycles. The minimum absolute atomic E-state index is 0.176. The Balaban J connectivity index is 1.83. The van der Waals surface area contributed by atoms with Crippen LogP contribution < -0.4 is 4.90 Å². The standard InChI is InChI=1S/C15H18ClN3O2/c1-11(16)4-5-17-6-7-18-10-14(17)8-12-2-3-13(19(20)21)9-15(12)18/h2-4,9,14H,5-8,10H2,1H3/t14-/m0/s1. The minimum atomic E-state index is -0.323. The monoisotopic (exact) mass is 307 g/mol. The van der Waals surface area contributed by atoms with Crippen LogP contribution in [0.3, 0.4) is 0 Å². The van der Waals surface area contributed by atoms with Crippen molar-refractivity contribution in [2.24, 2.45) is 0 Å². The van der Waals surface area contributed by atoms with Gasteiger partial charge >= 0.3 is 0 Å². The van der Waals surface area contributed by atoms with E-state index in [4.69, 9.17) is 11.6 Å². The molecule has 0 aromatic heterocycles. The summed E-state index contributed by atoms with van der Waals surface area (Å²) in [5.74, 6) is 0. The maximum Gasteiger partial charge on any atom is 0.271 e. The summed E-state index contributed by atoms with van der Waals surface area (Å²) in [6.45, 7) is 5.57. The molecule has 1 aromatic carbocycles. The fourth-order valence-electron chi connectivity index (χ4n) is 3.18. The third kappa shape index (κ3) is 2.89. The van der Waals surface area contributed by atoms with E-state index in [-0.39, 0.29) is 10.6 Å². The quantitative estimate of drug-likeness (QED) is 0.636. The van der Waals surface area contributed by atoms with E-state index in [2.05, 4.69) is 9.80 Å². The molecule has 2 aliphatic rings. The summed E-state index contributed by atoms with van der Waals surface area (Å²) in [6, 6.07) is 5.68. The zero-order valence-corrected chi connectivity index (χ0v) is 12.7. The summed E-state index contributed by atoms with van der Waals surface area (Å²) in [4.78, 5) is 15.3. The van der Waals surface area contributed by atoms with Crippen molar-refractivity contribution in [3.63, 3.8) is 0 Å². The van der Waals surface area contributed by atoms with E-state index in [0.717, 1.165) is 43.3 Å². The fraction of sp³-hybridized carbons (Fsp3) is 0.467. The van der Waals surface area contributed by atoms with E-state index in [1.165, 1.54) is 5.56 Å². The van der Waals surface area contributed by atoms with Crippen molar-refractivity contribution in [2.45, 2.75) is 19.4 Å². The number of piperazine rings is 1. The summed E-state index contributed by atoms with van der Waals surface area (Å²) in [5, 5.41) is 11.7. The Labute approximate surface area is 128 Å². The van der Waals surface area contributed by atoms with Gasteiger partial charge in [0.05, 0.1) is 4.92 Å². The molecule has 1 atom stereocenters. The molecular weight excluding hydrogens is 290 g/mol. The minimum Gasteiger partial charge on any atom is -0.368 e. The third-order valence-corrected chi connectivity index (χ3v) is 4.44. The number of allylic oxidation sites excluding steroid dienone is 1. The van der Waals surface area contributed by atoms with Crippen molar-refractivity contribution in [2.75, 3.05) is 31.1 Å². The molecule has 112 valence electrons. The van der Waals surface area contributed by atoms with Gasteiger partial charge in [0.2, 0.25) is 0 Å². The van der Waals surface area contributed by atoms with Gasteiger partial charge in [0.15, 0.2) is 0 Å². The molecule has 0 N–H and O–H groups in total. The fourth-order valence-corrected chi connectivity index (χ4v) is 3.24. The molecule has 0 radical (unpaired) electrons. The molecule has 0 spiro atoms. The van der Waals surface area contributed by atoms with Gasteiger partial charge in [-0.2, -0.15) is 0 Å². The number of halogens is 1. The normalized spacial score (nSPS) is 22.1. The van der Waals surface area contributed by atoms with Crippen LogP contribution in [0, 0.1) is 10.1 Å². The molecular formula is C15H18ClN3O2. The van der Waals surface area contributed by atoms with E-state index in [9.17, 15) is 10.1 Å². The lowest BCUT2D eigenvalue weighted by atomic mass is 9.94. The van der Waals surface area contributed by atoms with Crippen LogP contribution in [0.4, 0.5) is 11.4 Å². The first-order valence-electron chi connectivity index (χ1n) is 7.13. The molecule has 1 aromatic rings.